The number of alkyl halides is 3. The van der Waals surface area contributed by atoms with Crippen LogP contribution in [0, 0.1) is 5.82 Å². The van der Waals surface area contributed by atoms with Gasteiger partial charge in [0.1, 0.15) is 5.82 Å². The summed E-state index contributed by atoms with van der Waals surface area (Å²) in [6.07, 6.45) is -1.40. The van der Waals surface area contributed by atoms with Crippen molar-refractivity contribution in [2.45, 2.75) is 25.6 Å². The fourth-order valence-electron chi connectivity index (χ4n) is 2.91. The number of hydrogen-bond acceptors (Lipinski definition) is 2. The van der Waals surface area contributed by atoms with E-state index in [1.807, 2.05) is 24.3 Å². The van der Waals surface area contributed by atoms with Crippen LogP contribution >= 0.6 is 0 Å². The van der Waals surface area contributed by atoms with Crippen LogP contribution in [0.25, 0.3) is 10.8 Å². The normalized spacial score (nSPS) is 12.8. The van der Waals surface area contributed by atoms with Gasteiger partial charge in [0.05, 0.1) is 11.5 Å². The largest absolute Gasteiger partial charge is 0.419 e. The molecule has 0 saturated carbocycles. The monoisotopic (exact) mass is 376 g/mol. The number of benzene rings is 2. The number of halogens is 4. The zero-order valence-electron chi connectivity index (χ0n) is 14.3. The molecule has 1 N–H and O–H groups in total. The number of carbonyl (C=O) groups excluding carboxylic acids is 1. The van der Waals surface area contributed by atoms with Gasteiger partial charge in [-0.15, -0.1) is 0 Å². The van der Waals surface area contributed by atoms with E-state index in [1.54, 1.807) is 19.3 Å². The van der Waals surface area contributed by atoms with Gasteiger partial charge in [-0.1, -0.05) is 24.3 Å². The zero-order chi connectivity index (χ0) is 19.6. The molecular weight excluding hydrogens is 360 g/mol. The van der Waals surface area contributed by atoms with Crippen molar-refractivity contribution in [1.82, 2.24) is 10.3 Å². The number of pyridine rings is 1. The maximum Gasteiger partial charge on any atom is 0.419 e. The number of carbonyl (C=O) groups is 1. The molecule has 0 bridgehead atoms. The summed E-state index contributed by atoms with van der Waals surface area (Å²) in [5.41, 5.74) is -0.260. The first kappa shape index (κ1) is 18.8. The van der Waals surface area contributed by atoms with Gasteiger partial charge in [0, 0.05) is 24.3 Å². The van der Waals surface area contributed by atoms with Crippen molar-refractivity contribution >= 4 is 16.7 Å². The summed E-state index contributed by atoms with van der Waals surface area (Å²) < 4.78 is 51.4. The minimum absolute atomic E-state index is 0.0649. The number of nitrogens with zero attached hydrogens (tertiary/aromatic N) is 1. The minimum Gasteiger partial charge on any atom is -0.352 e. The van der Waals surface area contributed by atoms with E-state index in [9.17, 15) is 22.4 Å². The van der Waals surface area contributed by atoms with E-state index < -0.39 is 23.5 Å². The summed E-state index contributed by atoms with van der Waals surface area (Å²) in [5.74, 6) is -2.15. The van der Waals surface area contributed by atoms with Gasteiger partial charge in [-0.25, -0.2) is 4.39 Å². The van der Waals surface area contributed by atoms with Crippen LogP contribution in [0.1, 0.15) is 29.5 Å². The molecule has 3 aromatic rings. The highest BCUT2D eigenvalue weighted by molar-refractivity contribution is 5.92. The predicted octanol–water partition coefficient (Wildman–Crippen LogP) is 4.81. The zero-order valence-corrected chi connectivity index (χ0v) is 14.3. The topological polar surface area (TPSA) is 42.0 Å². The highest BCUT2D eigenvalue weighted by Gasteiger charge is 2.33. The first-order valence-corrected chi connectivity index (χ1v) is 8.23. The molecular formula is C20H16F4N2O. The highest BCUT2D eigenvalue weighted by atomic mass is 19.4. The van der Waals surface area contributed by atoms with E-state index in [1.165, 1.54) is 0 Å². The van der Waals surface area contributed by atoms with E-state index >= 15 is 0 Å². The molecule has 7 heteroatoms. The van der Waals surface area contributed by atoms with E-state index in [0.29, 0.717) is 6.07 Å². The minimum atomic E-state index is -4.75. The SMILES string of the molecule is CC(C(=O)NCc1ccc(C(F)(F)F)c(F)c1)c1cccc2cnccc12. The predicted molar refractivity (Wildman–Crippen MR) is 93.4 cm³/mol. The summed E-state index contributed by atoms with van der Waals surface area (Å²) in [5, 5.41) is 4.45. The third kappa shape index (κ3) is 4.07. The van der Waals surface area contributed by atoms with Crippen LogP contribution in [0.4, 0.5) is 17.6 Å². The van der Waals surface area contributed by atoms with Gasteiger partial charge in [0.15, 0.2) is 0 Å². The lowest BCUT2D eigenvalue weighted by molar-refractivity contribution is -0.140. The third-order valence-electron chi connectivity index (χ3n) is 4.38. The molecule has 0 aliphatic rings. The molecule has 2 aromatic carbocycles. The Morgan fingerprint density at radius 3 is 2.67 bits per heavy atom. The summed E-state index contributed by atoms with van der Waals surface area (Å²) in [4.78, 5) is 16.5. The molecule has 1 aromatic heterocycles. The van der Waals surface area contributed by atoms with Gasteiger partial charge >= 0.3 is 6.18 Å². The summed E-state index contributed by atoms with van der Waals surface area (Å²) in [6, 6.07) is 10.00. The second kappa shape index (κ2) is 7.34. The second-order valence-corrected chi connectivity index (χ2v) is 6.20. The Bertz CT molecular complexity index is 980. The Morgan fingerprint density at radius 2 is 1.96 bits per heavy atom. The van der Waals surface area contributed by atoms with Gasteiger partial charge in [-0.2, -0.15) is 13.2 Å². The molecule has 1 heterocycles. The van der Waals surface area contributed by atoms with Gasteiger partial charge < -0.3 is 5.32 Å². The van der Waals surface area contributed by atoms with Crippen molar-refractivity contribution in [3.63, 3.8) is 0 Å². The van der Waals surface area contributed by atoms with Crippen LogP contribution in [-0.2, 0) is 17.5 Å². The van der Waals surface area contributed by atoms with Crippen molar-refractivity contribution in [3.05, 3.63) is 77.4 Å². The lowest BCUT2D eigenvalue weighted by atomic mass is 9.95. The molecule has 0 saturated heterocycles. The number of nitrogens with one attached hydrogen (secondary N) is 1. The fourth-order valence-corrected chi connectivity index (χ4v) is 2.91. The maximum atomic E-state index is 13.6. The molecule has 1 amide bonds. The van der Waals surface area contributed by atoms with Gasteiger partial charge in [0.25, 0.3) is 0 Å². The smallest absolute Gasteiger partial charge is 0.352 e. The van der Waals surface area contributed by atoms with Crippen LogP contribution < -0.4 is 5.32 Å². The average Bonchev–Trinajstić information content (AvgIpc) is 2.64. The summed E-state index contributed by atoms with van der Waals surface area (Å²) in [6.45, 7) is 1.67. The molecule has 1 atom stereocenters. The first-order valence-electron chi connectivity index (χ1n) is 8.23. The molecule has 0 fully saturated rings. The third-order valence-corrected chi connectivity index (χ3v) is 4.38. The van der Waals surface area contributed by atoms with Gasteiger partial charge in [0.2, 0.25) is 5.91 Å². The molecule has 0 aliphatic heterocycles. The van der Waals surface area contributed by atoms with Crippen molar-refractivity contribution in [2.24, 2.45) is 0 Å². The Labute approximate surface area is 153 Å². The molecule has 0 aliphatic carbocycles. The first-order chi connectivity index (χ1) is 12.8. The average molecular weight is 376 g/mol. The summed E-state index contributed by atoms with van der Waals surface area (Å²) in [7, 11) is 0. The van der Waals surface area contributed by atoms with Crippen molar-refractivity contribution in [3.8, 4) is 0 Å². The van der Waals surface area contributed by atoms with Gasteiger partial charge in [-0.05, 0) is 41.6 Å². The molecule has 0 radical (unpaired) electrons. The number of fused-ring (bicyclic) bond motifs is 1. The van der Waals surface area contributed by atoms with Crippen LogP contribution in [0.3, 0.4) is 0 Å². The van der Waals surface area contributed by atoms with E-state index in [4.69, 9.17) is 0 Å². The van der Waals surface area contributed by atoms with Crippen molar-refractivity contribution in [2.75, 3.05) is 0 Å². The molecule has 27 heavy (non-hydrogen) atoms. The van der Waals surface area contributed by atoms with E-state index in [2.05, 4.69) is 10.3 Å². The number of amides is 1. The highest BCUT2D eigenvalue weighted by Crippen LogP contribution is 2.31. The molecule has 140 valence electrons. The van der Waals surface area contributed by atoms with Crippen LogP contribution in [0.15, 0.2) is 54.9 Å². The molecule has 1 unspecified atom stereocenters. The Balaban J connectivity index is 1.73. The fraction of sp³-hybridized carbons (Fsp3) is 0.200. The maximum absolute atomic E-state index is 13.6. The van der Waals surface area contributed by atoms with Crippen LogP contribution in [0.2, 0.25) is 0 Å². The molecule has 0 spiro atoms. The molecule has 3 rings (SSSR count). The Morgan fingerprint density at radius 1 is 1.19 bits per heavy atom. The van der Waals surface area contributed by atoms with Gasteiger partial charge in [-0.3, -0.25) is 9.78 Å². The quantitative estimate of drug-likeness (QED) is 0.664. The van der Waals surface area contributed by atoms with Crippen LogP contribution in [0.5, 0.6) is 0 Å². The van der Waals surface area contributed by atoms with E-state index in [0.717, 1.165) is 28.5 Å². The van der Waals surface area contributed by atoms with Crippen molar-refractivity contribution in [1.29, 1.82) is 0 Å². The van der Waals surface area contributed by atoms with Crippen LogP contribution in [-0.4, -0.2) is 10.9 Å². The number of rotatable bonds is 4. The number of hydrogen-bond donors (Lipinski definition) is 1. The Hall–Kier alpha value is -2.96. The standard InChI is InChI=1S/C20H16F4N2O/c1-12(15-4-2-3-14-11-25-8-7-16(14)15)19(27)26-10-13-5-6-17(18(21)9-13)20(22,23)24/h2-9,11-12H,10H2,1H3,(H,26,27). The lowest BCUT2D eigenvalue weighted by Gasteiger charge is -2.15. The Kier molecular flexibility index (Phi) is 5.12. The molecule has 3 nitrogen and oxygen atoms in total. The summed E-state index contributed by atoms with van der Waals surface area (Å²) >= 11 is 0. The van der Waals surface area contributed by atoms with E-state index in [-0.39, 0.29) is 18.0 Å². The second-order valence-electron chi connectivity index (χ2n) is 6.20. The number of aromatic nitrogens is 1. The lowest BCUT2D eigenvalue weighted by Crippen LogP contribution is -2.27. The van der Waals surface area contributed by atoms with Crippen molar-refractivity contribution < 1.29 is 22.4 Å².